The molecule has 0 spiro atoms. The topological polar surface area (TPSA) is 49.8 Å². The van der Waals surface area contributed by atoms with Crippen LogP contribution in [0.5, 0.6) is 5.75 Å². The minimum Gasteiger partial charge on any atom is -0.494 e. The van der Waals surface area contributed by atoms with E-state index in [1.807, 2.05) is 13.0 Å². The third-order valence-electron chi connectivity index (χ3n) is 2.24. The van der Waals surface area contributed by atoms with Gasteiger partial charge < -0.3 is 9.84 Å². The van der Waals surface area contributed by atoms with Crippen LogP contribution in [-0.2, 0) is 4.79 Å². The van der Waals surface area contributed by atoms with Crippen LogP contribution in [0.1, 0.15) is 18.5 Å². The second kappa shape index (κ2) is 5.51. The van der Waals surface area contributed by atoms with E-state index in [0.29, 0.717) is 12.4 Å². The SMILES string of the molecule is CCOc1cccc(C(C(=O)O)N(C)C)c1. The average Bonchev–Trinajstić information content (AvgIpc) is 2.17. The maximum atomic E-state index is 11.1. The van der Waals surface area contributed by atoms with Gasteiger partial charge in [0.05, 0.1) is 6.61 Å². The molecule has 0 fully saturated rings. The molecule has 1 aromatic carbocycles. The Labute approximate surface area is 95.5 Å². The van der Waals surface area contributed by atoms with Crippen LogP contribution >= 0.6 is 0 Å². The van der Waals surface area contributed by atoms with Gasteiger partial charge in [-0.05, 0) is 38.7 Å². The van der Waals surface area contributed by atoms with Gasteiger partial charge in [0.25, 0.3) is 0 Å². The molecule has 1 aromatic rings. The van der Waals surface area contributed by atoms with Crippen molar-refractivity contribution in [3.8, 4) is 5.75 Å². The van der Waals surface area contributed by atoms with Crippen molar-refractivity contribution in [2.24, 2.45) is 0 Å². The van der Waals surface area contributed by atoms with E-state index >= 15 is 0 Å². The molecule has 0 radical (unpaired) electrons. The fourth-order valence-electron chi connectivity index (χ4n) is 1.60. The predicted molar refractivity (Wildman–Crippen MR) is 61.7 cm³/mol. The first-order valence-electron chi connectivity index (χ1n) is 5.18. The highest BCUT2D eigenvalue weighted by molar-refractivity contribution is 5.75. The summed E-state index contributed by atoms with van der Waals surface area (Å²) in [4.78, 5) is 12.8. The van der Waals surface area contributed by atoms with Crippen LogP contribution in [0.3, 0.4) is 0 Å². The van der Waals surface area contributed by atoms with E-state index in [1.54, 1.807) is 37.2 Å². The van der Waals surface area contributed by atoms with E-state index in [-0.39, 0.29) is 0 Å². The number of hydrogen-bond donors (Lipinski definition) is 1. The minimum absolute atomic E-state index is 0.573. The van der Waals surface area contributed by atoms with Crippen LogP contribution in [0.2, 0.25) is 0 Å². The summed E-state index contributed by atoms with van der Waals surface area (Å²) in [6, 6.07) is 6.55. The first-order valence-corrected chi connectivity index (χ1v) is 5.18. The van der Waals surface area contributed by atoms with Crippen molar-refractivity contribution in [3.05, 3.63) is 29.8 Å². The van der Waals surface area contributed by atoms with Crippen molar-refractivity contribution in [2.45, 2.75) is 13.0 Å². The Bertz CT molecular complexity index is 363. The minimum atomic E-state index is -0.862. The lowest BCUT2D eigenvalue weighted by Crippen LogP contribution is -2.27. The number of rotatable bonds is 5. The van der Waals surface area contributed by atoms with E-state index in [9.17, 15) is 4.79 Å². The number of ether oxygens (including phenoxy) is 1. The van der Waals surface area contributed by atoms with Gasteiger partial charge in [-0.15, -0.1) is 0 Å². The fourth-order valence-corrected chi connectivity index (χ4v) is 1.60. The zero-order valence-electron chi connectivity index (χ0n) is 9.80. The second-order valence-electron chi connectivity index (χ2n) is 3.71. The van der Waals surface area contributed by atoms with Crippen molar-refractivity contribution in [1.29, 1.82) is 0 Å². The van der Waals surface area contributed by atoms with Crippen LogP contribution in [0.15, 0.2) is 24.3 Å². The summed E-state index contributed by atoms with van der Waals surface area (Å²) in [5.74, 6) is -0.160. The van der Waals surface area contributed by atoms with Crippen LogP contribution in [-0.4, -0.2) is 36.7 Å². The van der Waals surface area contributed by atoms with E-state index in [2.05, 4.69) is 0 Å². The molecule has 1 unspecified atom stereocenters. The highest BCUT2D eigenvalue weighted by atomic mass is 16.5. The molecule has 0 aliphatic heterocycles. The Kier molecular flexibility index (Phi) is 4.31. The molecule has 4 nitrogen and oxygen atoms in total. The molecule has 0 aliphatic rings. The molecular formula is C12H17NO3. The van der Waals surface area contributed by atoms with Gasteiger partial charge in [-0.25, -0.2) is 0 Å². The number of aliphatic carboxylic acids is 1. The van der Waals surface area contributed by atoms with Crippen LogP contribution in [0.4, 0.5) is 0 Å². The summed E-state index contributed by atoms with van der Waals surface area (Å²) in [6.07, 6.45) is 0. The molecule has 0 bridgehead atoms. The average molecular weight is 223 g/mol. The summed E-state index contributed by atoms with van der Waals surface area (Å²) in [5.41, 5.74) is 0.725. The molecule has 0 amide bonds. The van der Waals surface area contributed by atoms with Crippen LogP contribution in [0, 0.1) is 0 Å². The van der Waals surface area contributed by atoms with Gasteiger partial charge in [0, 0.05) is 0 Å². The van der Waals surface area contributed by atoms with Crippen molar-refractivity contribution in [2.75, 3.05) is 20.7 Å². The molecule has 1 atom stereocenters. The van der Waals surface area contributed by atoms with E-state index in [4.69, 9.17) is 9.84 Å². The summed E-state index contributed by atoms with van der Waals surface area (Å²) >= 11 is 0. The summed E-state index contributed by atoms with van der Waals surface area (Å²) in [5, 5.41) is 9.14. The summed E-state index contributed by atoms with van der Waals surface area (Å²) < 4.78 is 5.34. The third-order valence-corrected chi connectivity index (χ3v) is 2.24. The van der Waals surface area contributed by atoms with Crippen molar-refractivity contribution < 1.29 is 14.6 Å². The first kappa shape index (κ1) is 12.5. The number of carboxylic acid groups (broad SMARTS) is 1. The second-order valence-corrected chi connectivity index (χ2v) is 3.71. The van der Waals surface area contributed by atoms with Crippen molar-refractivity contribution >= 4 is 5.97 Å². The van der Waals surface area contributed by atoms with Gasteiger partial charge in [0.2, 0.25) is 0 Å². The zero-order chi connectivity index (χ0) is 12.1. The standard InChI is InChI=1S/C12H17NO3/c1-4-16-10-7-5-6-9(8-10)11(12(14)15)13(2)3/h5-8,11H,4H2,1-3H3,(H,14,15). The normalized spacial score (nSPS) is 12.5. The molecule has 0 aliphatic carbocycles. The number of hydrogen-bond acceptors (Lipinski definition) is 3. The predicted octanol–water partition coefficient (Wildman–Crippen LogP) is 1.77. The molecule has 1 N–H and O–H groups in total. The van der Waals surface area contributed by atoms with E-state index in [0.717, 1.165) is 5.56 Å². The molecule has 88 valence electrons. The molecular weight excluding hydrogens is 206 g/mol. The molecule has 0 saturated carbocycles. The number of carboxylic acids is 1. The Balaban J connectivity index is 3.00. The van der Waals surface area contributed by atoms with Gasteiger partial charge in [-0.3, -0.25) is 9.69 Å². The molecule has 16 heavy (non-hydrogen) atoms. The maximum Gasteiger partial charge on any atom is 0.325 e. The maximum absolute atomic E-state index is 11.1. The molecule has 0 aromatic heterocycles. The summed E-state index contributed by atoms with van der Waals surface area (Å²) in [7, 11) is 3.48. The lowest BCUT2D eigenvalue weighted by Gasteiger charge is -2.20. The highest BCUT2D eigenvalue weighted by Crippen LogP contribution is 2.22. The Morgan fingerprint density at radius 1 is 1.50 bits per heavy atom. The fraction of sp³-hybridized carbons (Fsp3) is 0.417. The summed E-state index contributed by atoms with van der Waals surface area (Å²) in [6.45, 7) is 2.47. The van der Waals surface area contributed by atoms with Crippen molar-refractivity contribution in [3.63, 3.8) is 0 Å². The Morgan fingerprint density at radius 3 is 2.69 bits per heavy atom. The van der Waals surface area contributed by atoms with Gasteiger partial charge in [-0.1, -0.05) is 12.1 Å². The number of carbonyl (C=O) groups is 1. The van der Waals surface area contributed by atoms with Gasteiger partial charge >= 0.3 is 5.97 Å². The van der Waals surface area contributed by atoms with Crippen LogP contribution in [0.25, 0.3) is 0 Å². The molecule has 1 rings (SSSR count). The Hall–Kier alpha value is -1.55. The van der Waals surface area contributed by atoms with Gasteiger partial charge in [-0.2, -0.15) is 0 Å². The zero-order valence-corrected chi connectivity index (χ0v) is 9.80. The Morgan fingerprint density at radius 2 is 2.19 bits per heavy atom. The monoisotopic (exact) mass is 223 g/mol. The number of likely N-dealkylation sites (N-methyl/N-ethyl adjacent to an activating group) is 1. The third kappa shape index (κ3) is 2.97. The van der Waals surface area contributed by atoms with E-state index < -0.39 is 12.0 Å². The lowest BCUT2D eigenvalue weighted by atomic mass is 10.1. The van der Waals surface area contributed by atoms with Crippen LogP contribution < -0.4 is 4.74 Å². The molecule has 0 heterocycles. The largest absolute Gasteiger partial charge is 0.494 e. The first-order chi connectivity index (χ1) is 7.56. The lowest BCUT2D eigenvalue weighted by molar-refractivity contribution is -0.142. The number of benzene rings is 1. The van der Waals surface area contributed by atoms with Crippen molar-refractivity contribution in [1.82, 2.24) is 4.90 Å². The number of nitrogens with zero attached hydrogens (tertiary/aromatic N) is 1. The molecule has 4 heteroatoms. The van der Waals surface area contributed by atoms with Gasteiger partial charge in [0.15, 0.2) is 0 Å². The quantitative estimate of drug-likeness (QED) is 0.826. The molecule has 0 saturated heterocycles. The van der Waals surface area contributed by atoms with Gasteiger partial charge in [0.1, 0.15) is 11.8 Å². The van der Waals surface area contributed by atoms with E-state index in [1.165, 1.54) is 0 Å². The smallest absolute Gasteiger partial charge is 0.325 e. The highest BCUT2D eigenvalue weighted by Gasteiger charge is 2.22.